The summed E-state index contributed by atoms with van der Waals surface area (Å²) in [4.78, 5) is 32.4. The highest BCUT2D eigenvalue weighted by atomic mass is 16.2. The highest BCUT2D eigenvalue weighted by molar-refractivity contribution is 5.77. The smallest absolute Gasteiger partial charge is 0.319 e. The van der Waals surface area contributed by atoms with E-state index in [0.29, 0.717) is 12.8 Å². The second-order valence-corrected chi connectivity index (χ2v) is 6.67. The minimum absolute atomic E-state index is 0.0863. The Morgan fingerprint density at radius 1 is 1.12 bits per heavy atom. The van der Waals surface area contributed by atoms with Gasteiger partial charge >= 0.3 is 6.03 Å². The largest absolute Gasteiger partial charge is 0.353 e. The van der Waals surface area contributed by atoms with Crippen molar-refractivity contribution in [3.05, 3.63) is 30.1 Å². The summed E-state index contributed by atoms with van der Waals surface area (Å²) in [5.41, 5.74) is 1.08. The molecule has 1 N–H and O–H groups in total. The second kappa shape index (κ2) is 8.13. The van der Waals surface area contributed by atoms with Crippen LogP contribution in [-0.2, 0) is 11.2 Å². The van der Waals surface area contributed by atoms with Gasteiger partial charge in [-0.2, -0.15) is 0 Å². The number of pyridine rings is 1. The van der Waals surface area contributed by atoms with E-state index in [1.54, 1.807) is 12.4 Å². The van der Waals surface area contributed by atoms with E-state index < -0.39 is 0 Å². The zero-order chi connectivity index (χ0) is 16.8. The molecule has 1 aromatic heterocycles. The zero-order valence-corrected chi connectivity index (χ0v) is 14.1. The molecule has 2 saturated heterocycles. The van der Waals surface area contributed by atoms with Crippen LogP contribution in [-0.4, -0.2) is 58.9 Å². The molecular formula is C18H26N4O2. The van der Waals surface area contributed by atoms with Gasteiger partial charge in [0.05, 0.1) is 0 Å². The number of hydrogen-bond donors (Lipinski definition) is 1. The maximum atomic E-state index is 12.3. The molecule has 0 bridgehead atoms. The first-order valence-corrected chi connectivity index (χ1v) is 8.94. The van der Waals surface area contributed by atoms with Crippen LogP contribution in [0.5, 0.6) is 0 Å². The van der Waals surface area contributed by atoms with Crippen molar-refractivity contribution in [3.63, 3.8) is 0 Å². The normalized spacial score (nSPS) is 18.7. The first-order chi connectivity index (χ1) is 11.7. The Balaban J connectivity index is 1.37. The average molecular weight is 330 g/mol. The number of nitrogens with one attached hydrogen (secondary N) is 1. The summed E-state index contributed by atoms with van der Waals surface area (Å²) >= 11 is 0. The number of likely N-dealkylation sites (tertiary alicyclic amines) is 2. The van der Waals surface area contributed by atoms with Crippen LogP contribution in [0.2, 0.25) is 0 Å². The van der Waals surface area contributed by atoms with Crippen molar-refractivity contribution in [1.82, 2.24) is 20.1 Å². The molecule has 6 nitrogen and oxygen atoms in total. The Morgan fingerprint density at radius 2 is 1.83 bits per heavy atom. The maximum absolute atomic E-state index is 12.3. The summed E-state index contributed by atoms with van der Waals surface area (Å²) in [5.74, 6) is 0.0863. The summed E-state index contributed by atoms with van der Waals surface area (Å²) < 4.78 is 0. The van der Waals surface area contributed by atoms with Gasteiger partial charge in [-0.1, -0.05) is 6.07 Å². The van der Waals surface area contributed by atoms with E-state index in [4.69, 9.17) is 0 Å². The van der Waals surface area contributed by atoms with E-state index in [2.05, 4.69) is 10.3 Å². The number of aryl methyl sites for hydroxylation is 1. The summed E-state index contributed by atoms with van der Waals surface area (Å²) in [6, 6.07) is 4.24. The number of amides is 3. The Labute approximate surface area is 143 Å². The molecule has 0 spiro atoms. The molecule has 3 rings (SSSR count). The van der Waals surface area contributed by atoms with Crippen LogP contribution >= 0.6 is 0 Å². The summed E-state index contributed by atoms with van der Waals surface area (Å²) in [7, 11) is 0. The van der Waals surface area contributed by atoms with Crippen LogP contribution in [0.4, 0.5) is 4.79 Å². The van der Waals surface area contributed by atoms with Gasteiger partial charge in [0.15, 0.2) is 0 Å². The minimum atomic E-state index is 0.0863. The minimum Gasteiger partial charge on any atom is -0.353 e. The lowest BCUT2D eigenvalue weighted by Gasteiger charge is -2.34. The van der Waals surface area contributed by atoms with Gasteiger partial charge in [-0.15, -0.1) is 0 Å². The molecule has 1 aromatic rings. The van der Waals surface area contributed by atoms with Gasteiger partial charge in [0.25, 0.3) is 0 Å². The molecule has 0 radical (unpaired) electrons. The number of nitrogens with zero attached hydrogens (tertiary/aromatic N) is 3. The standard InChI is InChI=1S/C18H26N4O2/c23-17(6-5-15-4-3-9-19-14-15)20-16-7-12-22(13-8-16)18(24)21-10-1-2-11-21/h3-4,9,14,16H,1-2,5-8,10-13H2,(H,20,23). The molecule has 2 aliphatic rings. The van der Waals surface area contributed by atoms with Crippen LogP contribution in [0.15, 0.2) is 24.5 Å². The Morgan fingerprint density at radius 3 is 2.50 bits per heavy atom. The van der Waals surface area contributed by atoms with Crippen molar-refractivity contribution in [3.8, 4) is 0 Å². The predicted octanol–water partition coefficient (Wildman–Crippen LogP) is 1.81. The van der Waals surface area contributed by atoms with E-state index in [1.807, 2.05) is 21.9 Å². The number of urea groups is 1. The van der Waals surface area contributed by atoms with Crippen molar-refractivity contribution in [1.29, 1.82) is 0 Å². The van der Waals surface area contributed by atoms with Gasteiger partial charge in [-0.05, 0) is 43.7 Å². The Bertz CT molecular complexity index is 549. The van der Waals surface area contributed by atoms with E-state index >= 15 is 0 Å². The number of carbonyl (C=O) groups is 2. The van der Waals surface area contributed by atoms with Gasteiger partial charge in [-0.25, -0.2) is 4.79 Å². The molecule has 2 aliphatic heterocycles. The van der Waals surface area contributed by atoms with Gasteiger partial charge < -0.3 is 15.1 Å². The molecule has 24 heavy (non-hydrogen) atoms. The van der Waals surface area contributed by atoms with E-state index in [9.17, 15) is 9.59 Å². The van der Waals surface area contributed by atoms with E-state index in [0.717, 1.165) is 57.4 Å². The van der Waals surface area contributed by atoms with Crippen LogP contribution in [0.3, 0.4) is 0 Å². The van der Waals surface area contributed by atoms with Crippen LogP contribution in [0.1, 0.15) is 37.7 Å². The Kier molecular flexibility index (Phi) is 5.67. The molecule has 3 heterocycles. The van der Waals surface area contributed by atoms with E-state index in [-0.39, 0.29) is 18.0 Å². The fourth-order valence-corrected chi connectivity index (χ4v) is 3.43. The number of hydrogen-bond acceptors (Lipinski definition) is 3. The molecule has 130 valence electrons. The van der Waals surface area contributed by atoms with Gasteiger partial charge in [0.1, 0.15) is 0 Å². The van der Waals surface area contributed by atoms with Gasteiger partial charge in [0.2, 0.25) is 5.91 Å². The molecule has 3 amide bonds. The number of piperidine rings is 1. The molecule has 0 unspecified atom stereocenters. The molecule has 2 fully saturated rings. The fraction of sp³-hybridized carbons (Fsp3) is 0.611. The van der Waals surface area contributed by atoms with Crippen LogP contribution in [0.25, 0.3) is 0 Å². The van der Waals surface area contributed by atoms with Crippen LogP contribution < -0.4 is 5.32 Å². The van der Waals surface area contributed by atoms with Crippen molar-refractivity contribution >= 4 is 11.9 Å². The molecule has 0 saturated carbocycles. The van der Waals surface area contributed by atoms with Crippen molar-refractivity contribution in [2.75, 3.05) is 26.2 Å². The monoisotopic (exact) mass is 330 g/mol. The summed E-state index contributed by atoms with van der Waals surface area (Å²) in [6.45, 7) is 3.26. The van der Waals surface area contributed by atoms with Crippen molar-refractivity contribution in [2.45, 2.75) is 44.6 Å². The number of rotatable bonds is 4. The lowest BCUT2D eigenvalue weighted by Crippen LogP contribution is -2.50. The average Bonchev–Trinajstić information content (AvgIpc) is 3.16. The summed E-state index contributed by atoms with van der Waals surface area (Å²) in [5, 5.41) is 3.11. The third-order valence-corrected chi connectivity index (χ3v) is 4.87. The Hall–Kier alpha value is -2.11. The zero-order valence-electron chi connectivity index (χ0n) is 14.1. The highest BCUT2D eigenvalue weighted by Crippen LogP contribution is 2.16. The fourth-order valence-electron chi connectivity index (χ4n) is 3.43. The van der Waals surface area contributed by atoms with E-state index in [1.165, 1.54) is 0 Å². The lowest BCUT2D eigenvalue weighted by atomic mass is 10.0. The van der Waals surface area contributed by atoms with Crippen LogP contribution in [0, 0.1) is 0 Å². The maximum Gasteiger partial charge on any atom is 0.319 e. The summed E-state index contributed by atoms with van der Waals surface area (Å²) in [6.07, 6.45) is 8.67. The predicted molar refractivity (Wildman–Crippen MR) is 91.5 cm³/mol. The second-order valence-electron chi connectivity index (χ2n) is 6.67. The molecule has 0 atom stereocenters. The lowest BCUT2D eigenvalue weighted by molar-refractivity contribution is -0.122. The number of aromatic nitrogens is 1. The van der Waals surface area contributed by atoms with Gasteiger partial charge in [0, 0.05) is 51.0 Å². The SMILES string of the molecule is O=C(CCc1cccnc1)NC1CCN(C(=O)N2CCCC2)CC1. The van der Waals surface area contributed by atoms with Crippen molar-refractivity contribution in [2.24, 2.45) is 0 Å². The third-order valence-electron chi connectivity index (χ3n) is 4.87. The first-order valence-electron chi connectivity index (χ1n) is 8.94. The van der Waals surface area contributed by atoms with Crippen molar-refractivity contribution < 1.29 is 9.59 Å². The highest BCUT2D eigenvalue weighted by Gasteiger charge is 2.28. The van der Waals surface area contributed by atoms with Gasteiger partial charge in [-0.3, -0.25) is 9.78 Å². The molecule has 6 heteroatoms. The molecule has 0 aliphatic carbocycles. The third kappa shape index (κ3) is 4.46. The molecular weight excluding hydrogens is 304 g/mol. The number of carbonyl (C=O) groups excluding carboxylic acids is 2. The quantitative estimate of drug-likeness (QED) is 0.916. The first kappa shape index (κ1) is 16.7. The molecule has 0 aromatic carbocycles. The topological polar surface area (TPSA) is 65.5 Å².